The van der Waals surface area contributed by atoms with Crippen LogP contribution >= 0.6 is 0 Å². The standard InChI is InChI=1S/C42H75N9O12/c1-31-22-47(31)25-34(52)28-60-38(55)44-17-11-5-4-10-16-43-37-50(20-14-8-6-12-18-45-39(56)61-29-35(53)26-48-23-32(48)2)41(58)51(42(59)63-37)21-15-9-7-13-19-46-40(57)62-30-36(54)27-49-24-33(49)3/h31-36,52-54H,4-30H2,1-3H3,(H,44,55)(H,45,56)(H,46,57). The van der Waals surface area contributed by atoms with Crippen LogP contribution in [0.25, 0.3) is 0 Å². The lowest BCUT2D eigenvalue weighted by Crippen LogP contribution is -2.47. The third-order valence-electron chi connectivity index (χ3n) is 11.4. The van der Waals surface area contributed by atoms with E-state index in [1.807, 2.05) is 0 Å². The van der Waals surface area contributed by atoms with Gasteiger partial charge in [0.2, 0.25) is 0 Å². The third kappa shape index (κ3) is 21.5. The summed E-state index contributed by atoms with van der Waals surface area (Å²) in [4.78, 5) is 73.4. The van der Waals surface area contributed by atoms with Crippen molar-refractivity contribution < 1.29 is 48.3 Å². The van der Waals surface area contributed by atoms with Crippen molar-refractivity contribution >= 4 is 18.3 Å². The number of aliphatic hydroxyl groups excluding tert-OH is 3. The zero-order valence-corrected chi connectivity index (χ0v) is 37.8. The first kappa shape index (κ1) is 51.6. The molecular weight excluding hydrogens is 823 g/mol. The Morgan fingerprint density at radius 3 is 1.32 bits per heavy atom. The van der Waals surface area contributed by atoms with E-state index >= 15 is 0 Å². The number of nitrogens with one attached hydrogen (secondary N) is 3. The zero-order valence-electron chi connectivity index (χ0n) is 37.8. The summed E-state index contributed by atoms with van der Waals surface area (Å²) in [7, 11) is 0. The minimum Gasteiger partial charge on any atom is -0.447 e. The van der Waals surface area contributed by atoms with Crippen LogP contribution in [-0.4, -0.2) is 179 Å². The summed E-state index contributed by atoms with van der Waals surface area (Å²) in [6.07, 6.45) is 4.63. The Kier molecular flexibility index (Phi) is 22.9. The van der Waals surface area contributed by atoms with E-state index in [0.717, 1.165) is 62.7 Å². The highest BCUT2D eigenvalue weighted by atomic mass is 16.6. The number of amides is 3. The lowest BCUT2D eigenvalue weighted by atomic mass is 10.2. The number of aliphatic hydroxyl groups is 3. The highest BCUT2D eigenvalue weighted by molar-refractivity contribution is 5.67. The molecule has 21 nitrogen and oxygen atoms in total. The Bertz CT molecular complexity index is 1720. The molecular formula is C42H75N9O12. The number of alkyl carbamates (subject to hydrolysis) is 3. The summed E-state index contributed by atoms with van der Waals surface area (Å²) < 4.78 is 23.4. The number of aromatic nitrogens is 2. The fourth-order valence-corrected chi connectivity index (χ4v) is 7.10. The number of nitrogens with zero attached hydrogens (tertiary/aromatic N) is 6. The number of carbonyl (C=O) groups excluding carboxylic acids is 3. The minimum absolute atomic E-state index is 0.0228. The second-order valence-electron chi connectivity index (χ2n) is 17.3. The van der Waals surface area contributed by atoms with Crippen molar-refractivity contribution in [2.75, 3.05) is 85.3 Å². The summed E-state index contributed by atoms with van der Waals surface area (Å²) in [6.45, 7) is 12.3. The molecule has 4 rings (SSSR count). The van der Waals surface area contributed by atoms with Gasteiger partial charge in [0, 0.05) is 96.7 Å². The molecule has 9 unspecified atom stereocenters. The van der Waals surface area contributed by atoms with Crippen molar-refractivity contribution in [2.45, 2.75) is 147 Å². The van der Waals surface area contributed by atoms with Crippen LogP contribution in [0.15, 0.2) is 19.0 Å². The van der Waals surface area contributed by atoms with Crippen molar-refractivity contribution in [3.63, 3.8) is 0 Å². The summed E-state index contributed by atoms with van der Waals surface area (Å²) in [5.74, 6) is -0.773. The van der Waals surface area contributed by atoms with E-state index in [2.05, 4.69) is 56.4 Å². The normalized spacial score (nSPS) is 22.7. The van der Waals surface area contributed by atoms with Crippen molar-refractivity contribution in [3.8, 4) is 0 Å². The van der Waals surface area contributed by atoms with Gasteiger partial charge in [-0.05, 0) is 59.3 Å². The molecule has 4 heterocycles. The molecule has 3 amide bonds. The first-order chi connectivity index (χ1) is 30.3. The molecule has 0 bridgehead atoms. The molecule has 0 radical (unpaired) electrons. The number of carbonyl (C=O) groups is 3. The largest absolute Gasteiger partial charge is 0.447 e. The highest BCUT2D eigenvalue weighted by Gasteiger charge is 2.32. The SMILES string of the molecule is CC1CN1CC(O)COC(=O)NCCCCCCN=c1oc(=O)n(CCCCCCNC(=O)OCC(O)CN2CC2C)c(=O)n1CCCCCCNC(=O)OCC(O)CN1CC1C. The van der Waals surface area contributed by atoms with Crippen molar-refractivity contribution in [1.82, 2.24) is 39.8 Å². The van der Waals surface area contributed by atoms with Gasteiger partial charge in [-0.15, -0.1) is 0 Å². The topological polar surface area (TPSA) is 254 Å². The summed E-state index contributed by atoms with van der Waals surface area (Å²) >= 11 is 0. The number of rotatable bonds is 33. The summed E-state index contributed by atoms with van der Waals surface area (Å²) in [5.41, 5.74) is -0.514. The van der Waals surface area contributed by atoms with Gasteiger partial charge in [-0.2, -0.15) is 0 Å². The van der Waals surface area contributed by atoms with Crippen molar-refractivity contribution in [3.05, 3.63) is 26.7 Å². The Labute approximate surface area is 370 Å². The fraction of sp³-hybridized carbons (Fsp3) is 0.857. The molecule has 1 aromatic heterocycles. The Balaban J connectivity index is 1.15. The molecule has 360 valence electrons. The van der Waals surface area contributed by atoms with Crippen molar-refractivity contribution in [2.24, 2.45) is 4.99 Å². The molecule has 3 aliphatic rings. The molecule has 3 fully saturated rings. The van der Waals surface area contributed by atoms with Gasteiger partial charge in [-0.25, -0.2) is 38.1 Å². The maximum Gasteiger partial charge on any atom is 0.425 e. The molecule has 0 aromatic carbocycles. The average Bonchev–Trinajstić information content (AvgIpc) is 4.21. The quantitative estimate of drug-likeness (QED) is 0.0320. The van der Waals surface area contributed by atoms with E-state index in [9.17, 15) is 39.3 Å². The summed E-state index contributed by atoms with van der Waals surface area (Å²) in [6, 6.07) is 1.38. The van der Waals surface area contributed by atoms with Gasteiger partial charge < -0.3 is 49.9 Å². The number of hydrogen-bond donors (Lipinski definition) is 6. The maximum absolute atomic E-state index is 13.7. The van der Waals surface area contributed by atoms with Gasteiger partial charge in [-0.1, -0.05) is 38.5 Å². The van der Waals surface area contributed by atoms with Gasteiger partial charge in [-0.3, -0.25) is 14.7 Å². The first-order valence-electron chi connectivity index (χ1n) is 23.1. The predicted molar refractivity (Wildman–Crippen MR) is 232 cm³/mol. The van der Waals surface area contributed by atoms with Crippen molar-refractivity contribution in [1.29, 1.82) is 0 Å². The van der Waals surface area contributed by atoms with Crippen LogP contribution in [0.1, 0.15) is 97.8 Å². The molecule has 0 spiro atoms. The highest BCUT2D eigenvalue weighted by Crippen LogP contribution is 2.17. The zero-order chi connectivity index (χ0) is 45.6. The van der Waals surface area contributed by atoms with Crippen LogP contribution in [0, 0.1) is 0 Å². The smallest absolute Gasteiger partial charge is 0.425 e. The van der Waals surface area contributed by atoms with Gasteiger partial charge in [0.15, 0.2) is 0 Å². The monoisotopic (exact) mass is 898 g/mol. The molecule has 1 aromatic rings. The fourth-order valence-electron chi connectivity index (χ4n) is 7.10. The number of ether oxygens (including phenoxy) is 3. The lowest BCUT2D eigenvalue weighted by Gasteiger charge is -2.13. The van der Waals surface area contributed by atoms with E-state index in [1.54, 1.807) is 0 Å². The van der Waals surface area contributed by atoms with Gasteiger partial charge in [0.05, 0.1) is 0 Å². The van der Waals surface area contributed by atoms with Gasteiger partial charge in [0.25, 0.3) is 0 Å². The summed E-state index contributed by atoms with van der Waals surface area (Å²) in [5, 5.41) is 38.1. The molecule has 9 atom stereocenters. The molecule has 0 aliphatic carbocycles. The van der Waals surface area contributed by atoms with Crippen LogP contribution in [0.2, 0.25) is 0 Å². The first-order valence-corrected chi connectivity index (χ1v) is 23.1. The number of β-amino-alcohol motifs (C(OH)–C–C–N with tert-alkyl or cyclic N) is 3. The van der Waals surface area contributed by atoms with Crippen LogP contribution in [0.3, 0.4) is 0 Å². The molecule has 6 N–H and O–H groups in total. The van der Waals surface area contributed by atoms with Gasteiger partial charge >= 0.3 is 35.4 Å². The second-order valence-corrected chi connectivity index (χ2v) is 17.3. The Hall–Kier alpha value is -4.02. The lowest BCUT2D eigenvalue weighted by molar-refractivity contribution is 0.0593. The molecule has 63 heavy (non-hydrogen) atoms. The maximum atomic E-state index is 13.7. The Morgan fingerprint density at radius 1 is 0.587 bits per heavy atom. The van der Waals surface area contributed by atoms with E-state index < -0.39 is 48.0 Å². The third-order valence-corrected chi connectivity index (χ3v) is 11.4. The predicted octanol–water partition coefficient (Wildman–Crippen LogP) is 0.559. The second kappa shape index (κ2) is 28.0. The van der Waals surface area contributed by atoms with Crippen LogP contribution in [-0.2, 0) is 27.3 Å². The van der Waals surface area contributed by atoms with E-state index in [-0.39, 0.29) is 38.6 Å². The van der Waals surface area contributed by atoms with Crippen LogP contribution in [0.5, 0.6) is 0 Å². The van der Waals surface area contributed by atoms with Gasteiger partial charge in [0.1, 0.15) is 38.1 Å². The van der Waals surface area contributed by atoms with E-state index in [0.29, 0.717) is 102 Å². The molecule has 21 heteroatoms. The number of unbranched alkanes of at least 4 members (excludes halogenated alkanes) is 9. The van der Waals surface area contributed by atoms with Crippen LogP contribution in [0.4, 0.5) is 14.4 Å². The van der Waals surface area contributed by atoms with Crippen LogP contribution < -0.4 is 33.1 Å². The average molecular weight is 898 g/mol. The molecule has 3 aliphatic heterocycles. The van der Waals surface area contributed by atoms with E-state index in [4.69, 9.17) is 18.6 Å². The molecule has 3 saturated heterocycles. The minimum atomic E-state index is -0.773. The Morgan fingerprint density at radius 2 is 0.937 bits per heavy atom. The van der Waals surface area contributed by atoms with E-state index in [1.165, 1.54) is 4.57 Å². The number of hydrogen-bond acceptors (Lipinski definition) is 16. The molecule has 0 saturated carbocycles.